The molecule has 0 saturated carbocycles. The molecule has 2 heterocycles. The third-order valence-corrected chi connectivity index (χ3v) is 8.18. The van der Waals surface area contributed by atoms with Gasteiger partial charge in [-0.2, -0.15) is 0 Å². The fraction of sp³-hybridized carbons (Fsp3) is 0.250. The average molecular weight is 432 g/mol. The summed E-state index contributed by atoms with van der Waals surface area (Å²) in [6.07, 6.45) is 0. The van der Waals surface area contributed by atoms with Gasteiger partial charge in [0.2, 0.25) is 0 Å². The van der Waals surface area contributed by atoms with Gasteiger partial charge in [-0.05, 0) is 69.6 Å². The molecule has 0 amide bonds. The van der Waals surface area contributed by atoms with E-state index in [-0.39, 0.29) is 0 Å². The van der Waals surface area contributed by atoms with Crippen LogP contribution >= 0.6 is 8.10 Å². The van der Waals surface area contributed by atoms with Crippen LogP contribution in [0.1, 0.15) is 27.7 Å². The van der Waals surface area contributed by atoms with E-state index in [9.17, 15) is 4.57 Å². The first-order valence-electron chi connectivity index (χ1n) is 10.5. The SMILES string of the molecule is CC1(C)OB(c2ccc3c(c2)N(c2ccccc2)[PH](=O)N3c2ccccc2)OC1(C)C. The van der Waals surface area contributed by atoms with Gasteiger partial charge in [0.05, 0.1) is 22.6 Å². The van der Waals surface area contributed by atoms with Crippen molar-refractivity contribution in [1.82, 2.24) is 0 Å². The minimum absolute atomic E-state index is 0.417. The summed E-state index contributed by atoms with van der Waals surface area (Å²) < 4.78 is 30.2. The molecule has 7 heteroatoms. The van der Waals surface area contributed by atoms with E-state index in [1.807, 2.05) is 110 Å². The Bertz CT molecular complexity index is 1120. The second-order valence-corrected chi connectivity index (χ2v) is 10.4. The Morgan fingerprint density at radius 3 is 1.71 bits per heavy atom. The van der Waals surface area contributed by atoms with Crippen molar-refractivity contribution in [2.24, 2.45) is 0 Å². The van der Waals surface area contributed by atoms with E-state index in [4.69, 9.17) is 9.31 Å². The molecule has 0 aliphatic carbocycles. The van der Waals surface area contributed by atoms with Crippen LogP contribution in [0.4, 0.5) is 22.7 Å². The van der Waals surface area contributed by atoms with Gasteiger partial charge in [-0.3, -0.25) is 13.9 Å². The van der Waals surface area contributed by atoms with Crippen molar-refractivity contribution in [3.05, 3.63) is 78.9 Å². The Balaban J connectivity index is 1.62. The Morgan fingerprint density at radius 2 is 1.19 bits per heavy atom. The van der Waals surface area contributed by atoms with Gasteiger partial charge in [0.25, 0.3) is 8.10 Å². The molecule has 1 saturated heterocycles. The quantitative estimate of drug-likeness (QED) is 0.395. The Morgan fingerprint density at radius 1 is 0.710 bits per heavy atom. The Kier molecular flexibility index (Phi) is 4.78. The summed E-state index contributed by atoms with van der Waals surface area (Å²) >= 11 is 0. The molecule has 5 rings (SSSR count). The third kappa shape index (κ3) is 3.30. The smallest absolute Gasteiger partial charge is 0.399 e. The molecule has 2 aliphatic rings. The van der Waals surface area contributed by atoms with Gasteiger partial charge >= 0.3 is 7.12 Å². The molecule has 3 aromatic carbocycles. The summed E-state index contributed by atoms with van der Waals surface area (Å²) in [5.74, 6) is 0. The zero-order valence-electron chi connectivity index (χ0n) is 18.2. The zero-order valence-corrected chi connectivity index (χ0v) is 19.2. The highest BCUT2D eigenvalue weighted by molar-refractivity contribution is 7.50. The van der Waals surface area contributed by atoms with Gasteiger partial charge in [0.1, 0.15) is 0 Å². The van der Waals surface area contributed by atoms with Crippen molar-refractivity contribution in [1.29, 1.82) is 0 Å². The first-order chi connectivity index (χ1) is 14.8. The fourth-order valence-electron chi connectivity index (χ4n) is 3.99. The lowest BCUT2D eigenvalue weighted by Gasteiger charge is -2.32. The molecule has 0 radical (unpaired) electrons. The highest BCUT2D eigenvalue weighted by Gasteiger charge is 2.52. The number of anilines is 4. The standard InChI is InChI=1S/C24H26BN2O3P/c1-23(2)24(3,4)30-25(29-23)18-15-16-21-22(17-18)27(20-13-9-6-10-14-20)31(28)26(21)19-11-7-5-8-12-19/h5-17,31H,1-4H3. The van der Waals surface area contributed by atoms with Crippen molar-refractivity contribution in [2.75, 3.05) is 9.34 Å². The minimum Gasteiger partial charge on any atom is -0.399 e. The van der Waals surface area contributed by atoms with E-state index in [0.717, 1.165) is 28.2 Å². The summed E-state index contributed by atoms with van der Waals surface area (Å²) in [5.41, 5.74) is 3.71. The molecule has 1 unspecified atom stereocenters. The predicted molar refractivity (Wildman–Crippen MR) is 128 cm³/mol. The van der Waals surface area contributed by atoms with Crippen molar-refractivity contribution < 1.29 is 13.9 Å². The van der Waals surface area contributed by atoms with Gasteiger partial charge in [-0.1, -0.05) is 42.5 Å². The zero-order chi connectivity index (χ0) is 21.8. The number of hydrogen-bond acceptors (Lipinski definition) is 3. The van der Waals surface area contributed by atoms with Gasteiger partial charge in [-0.25, -0.2) is 0 Å². The fourth-order valence-corrected chi connectivity index (χ4v) is 5.71. The summed E-state index contributed by atoms with van der Waals surface area (Å²) in [5, 5.41) is 0. The third-order valence-electron chi connectivity index (χ3n) is 6.42. The number of fused-ring (bicyclic) bond motifs is 1. The van der Waals surface area contributed by atoms with E-state index in [2.05, 4.69) is 6.07 Å². The van der Waals surface area contributed by atoms with Crippen LogP contribution in [0.2, 0.25) is 0 Å². The Labute approximate surface area is 184 Å². The van der Waals surface area contributed by atoms with Crippen molar-refractivity contribution in [3.63, 3.8) is 0 Å². The normalized spacial score (nSPS) is 21.4. The number of nitrogens with zero attached hydrogens (tertiary/aromatic N) is 2. The van der Waals surface area contributed by atoms with Gasteiger partial charge in [0, 0.05) is 11.4 Å². The average Bonchev–Trinajstić information content (AvgIpc) is 3.16. The molecular weight excluding hydrogens is 406 g/mol. The topological polar surface area (TPSA) is 42.0 Å². The van der Waals surface area contributed by atoms with E-state index >= 15 is 0 Å². The Hall–Kier alpha value is -2.53. The molecule has 0 aromatic heterocycles. The lowest BCUT2D eigenvalue weighted by molar-refractivity contribution is 0.00578. The van der Waals surface area contributed by atoms with Gasteiger partial charge in [0.15, 0.2) is 0 Å². The molecular formula is C24H26BN2O3P. The molecule has 31 heavy (non-hydrogen) atoms. The number of hydrogen-bond donors (Lipinski definition) is 0. The molecule has 1 atom stereocenters. The first kappa shape index (κ1) is 20.4. The molecule has 3 aromatic rings. The molecule has 2 aliphatic heterocycles. The lowest BCUT2D eigenvalue weighted by Crippen LogP contribution is -2.41. The van der Waals surface area contributed by atoms with Crippen LogP contribution in [0.25, 0.3) is 0 Å². The maximum Gasteiger partial charge on any atom is 0.494 e. The second kappa shape index (κ2) is 7.27. The lowest BCUT2D eigenvalue weighted by atomic mass is 9.78. The summed E-state index contributed by atoms with van der Waals surface area (Å²) in [7, 11) is -2.82. The van der Waals surface area contributed by atoms with E-state index in [0.29, 0.717) is 0 Å². The van der Waals surface area contributed by atoms with E-state index < -0.39 is 26.4 Å². The minimum atomic E-state index is -2.35. The van der Waals surface area contributed by atoms with Crippen LogP contribution in [0, 0.1) is 0 Å². The predicted octanol–water partition coefficient (Wildman–Crippen LogP) is 5.67. The van der Waals surface area contributed by atoms with Crippen molar-refractivity contribution >= 4 is 43.4 Å². The van der Waals surface area contributed by atoms with Crippen LogP contribution < -0.4 is 14.8 Å². The van der Waals surface area contributed by atoms with E-state index in [1.165, 1.54) is 0 Å². The maximum atomic E-state index is 13.8. The molecule has 0 bridgehead atoms. The number of para-hydroxylation sites is 2. The monoisotopic (exact) mass is 432 g/mol. The largest absolute Gasteiger partial charge is 0.494 e. The van der Waals surface area contributed by atoms with Crippen LogP contribution in [-0.4, -0.2) is 18.3 Å². The molecule has 0 N–H and O–H groups in total. The maximum absolute atomic E-state index is 13.8. The number of rotatable bonds is 3. The highest BCUT2D eigenvalue weighted by atomic mass is 31.1. The molecule has 1 fully saturated rings. The summed E-state index contributed by atoms with van der Waals surface area (Å²) in [6.45, 7) is 8.19. The van der Waals surface area contributed by atoms with Gasteiger partial charge in [-0.15, -0.1) is 0 Å². The van der Waals surface area contributed by atoms with E-state index in [1.54, 1.807) is 0 Å². The molecule has 0 spiro atoms. The summed E-state index contributed by atoms with van der Waals surface area (Å²) in [6, 6.07) is 25.8. The second-order valence-electron chi connectivity index (χ2n) is 8.96. The van der Waals surface area contributed by atoms with Crippen LogP contribution in [0.3, 0.4) is 0 Å². The highest BCUT2D eigenvalue weighted by Crippen LogP contribution is 2.59. The number of benzene rings is 3. The van der Waals surface area contributed by atoms with Crippen LogP contribution in [0.5, 0.6) is 0 Å². The van der Waals surface area contributed by atoms with Crippen molar-refractivity contribution in [3.8, 4) is 0 Å². The van der Waals surface area contributed by atoms with Crippen molar-refractivity contribution in [2.45, 2.75) is 38.9 Å². The summed E-state index contributed by atoms with van der Waals surface area (Å²) in [4.78, 5) is 0. The van der Waals surface area contributed by atoms with Gasteiger partial charge < -0.3 is 9.31 Å². The molecule has 5 nitrogen and oxygen atoms in total. The first-order valence-corrected chi connectivity index (χ1v) is 11.8. The van der Waals surface area contributed by atoms with Crippen LogP contribution in [-0.2, 0) is 13.9 Å². The molecule has 158 valence electrons. The van der Waals surface area contributed by atoms with Crippen LogP contribution in [0.15, 0.2) is 78.9 Å².